The van der Waals surface area contributed by atoms with Crippen LogP contribution in [0.2, 0.25) is 0 Å². The maximum Gasteiger partial charge on any atom is 0.0790 e. The first-order valence-electron chi connectivity index (χ1n) is 4.16. The Morgan fingerprint density at radius 1 is 1.50 bits per heavy atom. The van der Waals surface area contributed by atoms with Crippen LogP contribution in [0.5, 0.6) is 0 Å². The molecular formula is C8H13Cl2NO. The van der Waals surface area contributed by atoms with Crippen LogP contribution in [0.1, 0.15) is 25.7 Å². The third kappa shape index (κ3) is 3.76. The fraction of sp³-hybridized carbons (Fsp3) is 0.750. The second-order valence-electron chi connectivity index (χ2n) is 2.90. The maximum absolute atomic E-state index is 5.64. The average Bonchev–Trinajstić information content (AvgIpc) is 2.57. The molecule has 2 nitrogen and oxygen atoms in total. The van der Waals surface area contributed by atoms with Crippen molar-refractivity contribution in [2.45, 2.75) is 31.8 Å². The van der Waals surface area contributed by atoms with Gasteiger partial charge >= 0.3 is 0 Å². The molecule has 0 atom stereocenters. The monoisotopic (exact) mass is 209 g/mol. The summed E-state index contributed by atoms with van der Waals surface area (Å²) in [6.45, 7) is 0.488. The van der Waals surface area contributed by atoms with Gasteiger partial charge in [0.05, 0.1) is 12.6 Å². The Morgan fingerprint density at radius 3 is 2.75 bits per heavy atom. The van der Waals surface area contributed by atoms with Crippen molar-refractivity contribution in [3.8, 4) is 0 Å². The molecule has 70 valence electrons. The molecule has 1 fully saturated rings. The minimum absolute atomic E-state index is 0.366. The van der Waals surface area contributed by atoms with Crippen molar-refractivity contribution in [2.75, 3.05) is 6.54 Å². The van der Waals surface area contributed by atoms with Crippen molar-refractivity contribution in [1.29, 1.82) is 0 Å². The van der Waals surface area contributed by atoms with E-state index in [-0.39, 0.29) is 0 Å². The molecule has 0 radical (unpaired) electrons. The molecule has 0 amide bonds. The number of rotatable bonds is 4. The molecule has 0 saturated heterocycles. The topological polar surface area (TPSA) is 21.3 Å². The summed E-state index contributed by atoms with van der Waals surface area (Å²) in [6, 6.07) is 0. The molecule has 0 heterocycles. The van der Waals surface area contributed by atoms with E-state index in [4.69, 9.17) is 28.0 Å². The van der Waals surface area contributed by atoms with Crippen LogP contribution in [-0.2, 0) is 4.84 Å². The quantitative estimate of drug-likeness (QED) is 0.720. The van der Waals surface area contributed by atoms with E-state index in [1.54, 1.807) is 0 Å². The molecule has 12 heavy (non-hydrogen) atoms. The molecule has 1 saturated carbocycles. The number of nitrogens with one attached hydrogen (secondary N) is 1. The SMILES string of the molecule is Cl/C=C(/Cl)CNOC1CCCC1. The van der Waals surface area contributed by atoms with Gasteiger partial charge in [-0.05, 0) is 12.8 Å². The van der Waals surface area contributed by atoms with Gasteiger partial charge in [0.15, 0.2) is 0 Å². The van der Waals surface area contributed by atoms with E-state index < -0.39 is 0 Å². The van der Waals surface area contributed by atoms with E-state index in [1.807, 2.05) is 0 Å². The Balaban J connectivity index is 2.01. The second kappa shape index (κ2) is 5.81. The van der Waals surface area contributed by atoms with E-state index in [0.29, 0.717) is 17.7 Å². The molecule has 0 spiro atoms. The number of hydrogen-bond acceptors (Lipinski definition) is 2. The Bertz CT molecular complexity index is 155. The van der Waals surface area contributed by atoms with Gasteiger partial charge in [0.2, 0.25) is 0 Å². The largest absolute Gasteiger partial charge is 0.298 e. The van der Waals surface area contributed by atoms with Crippen LogP contribution in [0.3, 0.4) is 0 Å². The van der Waals surface area contributed by atoms with Crippen molar-refractivity contribution < 1.29 is 4.84 Å². The highest BCUT2D eigenvalue weighted by Gasteiger charge is 2.15. The molecule has 0 aromatic carbocycles. The van der Waals surface area contributed by atoms with E-state index in [1.165, 1.54) is 18.4 Å². The van der Waals surface area contributed by atoms with Crippen molar-refractivity contribution >= 4 is 23.2 Å². The maximum atomic E-state index is 5.64. The van der Waals surface area contributed by atoms with E-state index >= 15 is 0 Å². The molecule has 0 unspecified atom stereocenters. The molecule has 1 aliphatic carbocycles. The van der Waals surface area contributed by atoms with Crippen LogP contribution in [0, 0.1) is 0 Å². The normalized spacial score (nSPS) is 20.3. The fourth-order valence-electron chi connectivity index (χ4n) is 1.27. The summed E-state index contributed by atoms with van der Waals surface area (Å²) in [5, 5.41) is 0.565. The van der Waals surface area contributed by atoms with Crippen LogP contribution >= 0.6 is 23.2 Å². The summed E-state index contributed by atoms with van der Waals surface area (Å²) < 4.78 is 0. The van der Waals surface area contributed by atoms with Gasteiger partial charge in [-0.1, -0.05) is 36.0 Å². The molecule has 0 aliphatic heterocycles. The Morgan fingerprint density at radius 2 is 2.17 bits per heavy atom. The van der Waals surface area contributed by atoms with Gasteiger partial charge in [-0.25, -0.2) is 0 Å². The van der Waals surface area contributed by atoms with Gasteiger partial charge in [-0.2, -0.15) is 5.48 Å². The minimum Gasteiger partial charge on any atom is -0.298 e. The zero-order chi connectivity index (χ0) is 8.81. The van der Waals surface area contributed by atoms with Gasteiger partial charge in [0.1, 0.15) is 0 Å². The smallest absolute Gasteiger partial charge is 0.0790 e. The van der Waals surface area contributed by atoms with Crippen LogP contribution in [0.25, 0.3) is 0 Å². The molecule has 0 aromatic rings. The van der Waals surface area contributed by atoms with Crippen LogP contribution in [0.15, 0.2) is 10.6 Å². The lowest BCUT2D eigenvalue weighted by molar-refractivity contribution is -0.0152. The number of hydrogen-bond donors (Lipinski definition) is 1. The van der Waals surface area contributed by atoms with E-state index in [0.717, 1.165) is 12.8 Å². The van der Waals surface area contributed by atoms with Crippen molar-refractivity contribution in [1.82, 2.24) is 5.48 Å². The van der Waals surface area contributed by atoms with Gasteiger partial charge in [0, 0.05) is 10.6 Å². The van der Waals surface area contributed by atoms with E-state index in [9.17, 15) is 0 Å². The Labute approximate surface area is 82.8 Å². The Kier molecular flexibility index (Phi) is 5.00. The van der Waals surface area contributed by atoms with Gasteiger partial charge in [-0.15, -0.1) is 0 Å². The lowest BCUT2D eigenvalue weighted by Gasteiger charge is -2.10. The lowest BCUT2D eigenvalue weighted by atomic mass is 10.3. The average molecular weight is 210 g/mol. The van der Waals surface area contributed by atoms with Crippen LogP contribution in [0.4, 0.5) is 0 Å². The molecular weight excluding hydrogens is 197 g/mol. The van der Waals surface area contributed by atoms with Crippen molar-refractivity contribution in [3.63, 3.8) is 0 Å². The highest BCUT2D eigenvalue weighted by Crippen LogP contribution is 2.19. The third-order valence-corrected chi connectivity index (χ3v) is 2.53. The lowest BCUT2D eigenvalue weighted by Crippen LogP contribution is -2.22. The molecule has 4 heteroatoms. The standard InChI is InChI=1S/C8H13Cl2NO/c9-5-7(10)6-11-12-8-3-1-2-4-8/h5,8,11H,1-4,6H2/b7-5+. The number of hydroxylamine groups is 1. The van der Waals surface area contributed by atoms with Crippen molar-refractivity contribution in [3.05, 3.63) is 10.6 Å². The summed E-state index contributed by atoms with van der Waals surface area (Å²) >= 11 is 11.0. The first-order valence-corrected chi connectivity index (χ1v) is 4.97. The summed E-state index contributed by atoms with van der Waals surface area (Å²) in [7, 11) is 0. The summed E-state index contributed by atoms with van der Waals surface area (Å²) in [4.78, 5) is 5.34. The molecule has 1 aliphatic rings. The van der Waals surface area contributed by atoms with Crippen LogP contribution < -0.4 is 5.48 Å². The van der Waals surface area contributed by atoms with Gasteiger partial charge in [-0.3, -0.25) is 4.84 Å². The van der Waals surface area contributed by atoms with Crippen LogP contribution in [-0.4, -0.2) is 12.6 Å². The summed E-state index contributed by atoms with van der Waals surface area (Å²) in [6.07, 6.45) is 5.20. The zero-order valence-corrected chi connectivity index (χ0v) is 8.37. The zero-order valence-electron chi connectivity index (χ0n) is 6.85. The predicted molar refractivity (Wildman–Crippen MR) is 51.1 cm³/mol. The molecule has 1 N–H and O–H groups in total. The minimum atomic E-state index is 0.366. The van der Waals surface area contributed by atoms with Gasteiger partial charge in [0.25, 0.3) is 0 Å². The third-order valence-electron chi connectivity index (χ3n) is 1.91. The molecule has 1 rings (SSSR count). The summed E-state index contributed by atoms with van der Waals surface area (Å²) in [5.74, 6) is 0. The highest BCUT2D eigenvalue weighted by molar-refractivity contribution is 6.36. The first-order chi connectivity index (χ1) is 5.83. The van der Waals surface area contributed by atoms with E-state index in [2.05, 4.69) is 5.48 Å². The summed E-state index contributed by atoms with van der Waals surface area (Å²) in [5.41, 5.74) is 4.13. The first kappa shape index (κ1) is 10.3. The highest BCUT2D eigenvalue weighted by atomic mass is 35.5. The fourth-order valence-corrected chi connectivity index (χ4v) is 1.40. The second-order valence-corrected chi connectivity index (χ2v) is 3.61. The molecule has 0 aromatic heterocycles. The Hall–Kier alpha value is 0.240. The predicted octanol–water partition coefficient (Wildman–Crippen LogP) is 2.77. The van der Waals surface area contributed by atoms with Crippen molar-refractivity contribution in [2.24, 2.45) is 0 Å². The molecule has 0 bridgehead atoms. The van der Waals surface area contributed by atoms with Gasteiger partial charge < -0.3 is 0 Å². The number of halogens is 2.